The maximum absolute atomic E-state index is 12.8. The third kappa shape index (κ3) is 3.40. The van der Waals surface area contributed by atoms with Crippen LogP contribution in [-0.2, 0) is 0 Å². The van der Waals surface area contributed by atoms with E-state index in [0.717, 1.165) is 11.0 Å². The third-order valence-electron chi connectivity index (χ3n) is 4.99. The normalized spacial score (nSPS) is 12.6. The molecule has 0 fully saturated rings. The lowest BCUT2D eigenvalue weighted by Gasteiger charge is -2.18. The SMILES string of the molecule is Cc1ccc(C(=O)Nc2ccc(O)cc2C(=O)O)cc1N1C(=O)c2ccccc2C1=O. The molecule has 31 heavy (non-hydrogen) atoms. The molecular weight excluding hydrogens is 400 g/mol. The Bertz CT molecular complexity index is 1250. The van der Waals surface area contributed by atoms with E-state index in [1.807, 2.05) is 0 Å². The number of rotatable bonds is 4. The predicted molar refractivity (Wildman–Crippen MR) is 112 cm³/mol. The van der Waals surface area contributed by atoms with Gasteiger partial charge in [-0.25, -0.2) is 9.69 Å². The topological polar surface area (TPSA) is 124 Å². The van der Waals surface area contributed by atoms with Crippen LogP contribution in [0.3, 0.4) is 0 Å². The van der Waals surface area contributed by atoms with E-state index >= 15 is 0 Å². The summed E-state index contributed by atoms with van der Waals surface area (Å²) in [6.07, 6.45) is 0. The molecule has 8 heteroatoms. The Labute approximate surface area is 176 Å². The number of nitrogens with zero attached hydrogens (tertiary/aromatic N) is 1. The summed E-state index contributed by atoms with van der Waals surface area (Å²) in [4.78, 5) is 50.8. The number of benzene rings is 3. The molecule has 3 aromatic carbocycles. The number of imide groups is 1. The van der Waals surface area contributed by atoms with Gasteiger partial charge >= 0.3 is 5.97 Å². The number of nitrogens with one attached hydrogen (secondary N) is 1. The first-order chi connectivity index (χ1) is 14.8. The number of anilines is 2. The molecular formula is C23H16N2O6. The number of aromatic hydroxyl groups is 1. The highest BCUT2D eigenvalue weighted by atomic mass is 16.4. The van der Waals surface area contributed by atoms with Crippen molar-refractivity contribution in [2.24, 2.45) is 0 Å². The predicted octanol–water partition coefficient (Wildman–Crippen LogP) is 3.45. The van der Waals surface area contributed by atoms with Gasteiger partial charge in [-0.2, -0.15) is 0 Å². The standard InChI is InChI=1S/C23H16N2O6/c1-12-6-7-13(20(27)24-18-9-8-14(26)11-17(18)23(30)31)10-19(12)25-21(28)15-4-2-3-5-16(15)22(25)29/h2-11,26H,1H3,(H,24,27)(H,30,31). The molecule has 0 saturated carbocycles. The second-order valence-electron chi connectivity index (χ2n) is 6.98. The van der Waals surface area contributed by atoms with Gasteiger partial charge in [0.25, 0.3) is 17.7 Å². The highest BCUT2D eigenvalue weighted by molar-refractivity contribution is 6.34. The van der Waals surface area contributed by atoms with Crippen LogP contribution in [0.2, 0.25) is 0 Å². The molecule has 0 unspecified atom stereocenters. The summed E-state index contributed by atoms with van der Waals surface area (Å²) in [7, 11) is 0. The first-order valence-corrected chi connectivity index (χ1v) is 9.24. The lowest BCUT2D eigenvalue weighted by atomic mass is 10.1. The van der Waals surface area contributed by atoms with E-state index in [1.165, 1.54) is 24.3 Å². The van der Waals surface area contributed by atoms with Crippen LogP contribution in [0.4, 0.5) is 11.4 Å². The van der Waals surface area contributed by atoms with Crippen molar-refractivity contribution < 1.29 is 29.4 Å². The molecule has 0 aromatic heterocycles. The number of carbonyl (C=O) groups excluding carboxylic acids is 3. The van der Waals surface area contributed by atoms with Crippen molar-refractivity contribution in [2.45, 2.75) is 6.92 Å². The Balaban J connectivity index is 1.68. The minimum atomic E-state index is -1.32. The van der Waals surface area contributed by atoms with Gasteiger partial charge in [0.15, 0.2) is 0 Å². The lowest BCUT2D eigenvalue weighted by molar-refractivity contribution is 0.0697. The van der Waals surface area contributed by atoms with Crippen molar-refractivity contribution in [2.75, 3.05) is 10.2 Å². The van der Waals surface area contributed by atoms with Gasteiger partial charge in [0.05, 0.1) is 28.1 Å². The number of aryl methyl sites for hydroxylation is 1. The van der Waals surface area contributed by atoms with Crippen molar-refractivity contribution in [1.29, 1.82) is 0 Å². The van der Waals surface area contributed by atoms with Gasteiger partial charge in [-0.1, -0.05) is 18.2 Å². The van der Waals surface area contributed by atoms with Crippen LogP contribution in [0.15, 0.2) is 60.7 Å². The first-order valence-electron chi connectivity index (χ1n) is 9.24. The van der Waals surface area contributed by atoms with Gasteiger partial charge < -0.3 is 15.5 Å². The van der Waals surface area contributed by atoms with Crippen LogP contribution in [-0.4, -0.2) is 33.9 Å². The minimum Gasteiger partial charge on any atom is -0.508 e. The molecule has 8 nitrogen and oxygen atoms in total. The average molecular weight is 416 g/mol. The lowest BCUT2D eigenvalue weighted by Crippen LogP contribution is -2.30. The summed E-state index contributed by atoms with van der Waals surface area (Å²) >= 11 is 0. The van der Waals surface area contributed by atoms with E-state index in [0.29, 0.717) is 5.56 Å². The van der Waals surface area contributed by atoms with Gasteiger partial charge in [0.1, 0.15) is 5.75 Å². The van der Waals surface area contributed by atoms with Crippen molar-refractivity contribution in [3.63, 3.8) is 0 Å². The van der Waals surface area contributed by atoms with Crippen molar-refractivity contribution in [3.8, 4) is 5.75 Å². The zero-order valence-electron chi connectivity index (χ0n) is 16.2. The molecule has 1 heterocycles. The van der Waals surface area contributed by atoms with Crippen molar-refractivity contribution in [1.82, 2.24) is 0 Å². The summed E-state index contributed by atoms with van der Waals surface area (Å²) in [6, 6.07) is 14.5. The van der Waals surface area contributed by atoms with Gasteiger partial charge in [-0.05, 0) is 55.0 Å². The number of phenols is 1. The van der Waals surface area contributed by atoms with Crippen LogP contribution in [0.25, 0.3) is 0 Å². The molecule has 0 aliphatic carbocycles. The molecule has 0 spiro atoms. The molecule has 3 N–H and O–H groups in total. The Hall–Kier alpha value is -4.46. The van der Waals surface area contributed by atoms with E-state index in [1.54, 1.807) is 37.3 Å². The van der Waals surface area contributed by atoms with E-state index in [2.05, 4.69) is 5.32 Å². The second-order valence-corrected chi connectivity index (χ2v) is 6.98. The fourth-order valence-corrected chi connectivity index (χ4v) is 3.41. The maximum Gasteiger partial charge on any atom is 0.337 e. The highest BCUT2D eigenvalue weighted by Crippen LogP contribution is 2.31. The zero-order chi connectivity index (χ0) is 22.3. The van der Waals surface area contributed by atoms with E-state index in [9.17, 15) is 29.4 Å². The Morgan fingerprint density at radius 1 is 0.903 bits per heavy atom. The monoisotopic (exact) mass is 416 g/mol. The molecule has 3 aromatic rings. The van der Waals surface area contributed by atoms with E-state index in [4.69, 9.17) is 0 Å². The second kappa shape index (κ2) is 7.42. The first kappa shape index (κ1) is 19.8. The summed E-state index contributed by atoms with van der Waals surface area (Å²) in [5.41, 5.74) is 1.31. The van der Waals surface area contributed by atoms with Gasteiger partial charge in [0, 0.05) is 5.56 Å². The number of carbonyl (C=O) groups is 4. The summed E-state index contributed by atoms with van der Waals surface area (Å²) < 4.78 is 0. The highest BCUT2D eigenvalue weighted by Gasteiger charge is 2.37. The van der Waals surface area contributed by atoms with Gasteiger partial charge in [-0.15, -0.1) is 0 Å². The van der Waals surface area contributed by atoms with Crippen LogP contribution >= 0.6 is 0 Å². The maximum atomic E-state index is 12.8. The number of hydrogen-bond donors (Lipinski definition) is 3. The van der Waals surface area contributed by atoms with Gasteiger partial charge in [0.2, 0.25) is 0 Å². The number of aromatic carboxylic acids is 1. The smallest absolute Gasteiger partial charge is 0.337 e. The van der Waals surface area contributed by atoms with Crippen LogP contribution < -0.4 is 10.2 Å². The summed E-state index contributed by atoms with van der Waals surface area (Å²) in [6.45, 7) is 1.71. The Morgan fingerprint density at radius 3 is 2.16 bits per heavy atom. The van der Waals surface area contributed by atoms with Crippen molar-refractivity contribution in [3.05, 3.63) is 88.5 Å². The Kier molecular flexibility index (Phi) is 4.75. The molecule has 0 radical (unpaired) electrons. The van der Waals surface area contributed by atoms with Crippen molar-refractivity contribution >= 4 is 35.1 Å². The number of carboxylic acids is 1. The largest absolute Gasteiger partial charge is 0.508 e. The number of fused-ring (bicyclic) bond motifs is 1. The molecule has 0 atom stereocenters. The Morgan fingerprint density at radius 2 is 1.55 bits per heavy atom. The molecule has 0 bridgehead atoms. The molecule has 1 aliphatic heterocycles. The third-order valence-corrected chi connectivity index (χ3v) is 4.99. The minimum absolute atomic E-state index is 0.00171. The van der Waals surface area contributed by atoms with Crippen LogP contribution in [0.1, 0.15) is 47.0 Å². The molecule has 154 valence electrons. The fraction of sp³-hybridized carbons (Fsp3) is 0.0435. The fourth-order valence-electron chi connectivity index (χ4n) is 3.41. The summed E-state index contributed by atoms with van der Waals surface area (Å²) in [5, 5.41) is 21.3. The number of amides is 3. The number of phenolic OH excluding ortho intramolecular Hbond substituents is 1. The quantitative estimate of drug-likeness (QED) is 0.442. The molecule has 4 rings (SSSR count). The van der Waals surface area contributed by atoms with Gasteiger partial charge in [-0.3, -0.25) is 14.4 Å². The molecule has 3 amide bonds. The average Bonchev–Trinajstić information content (AvgIpc) is 3.00. The number of hydrogen-bond acceptors (Lipinski definition) is 5. The number of carboxylic acid groups (broad SMARTS) is 1. The van der Waals surface area contributed by atoms with Crippen LogP contribution in [0, 0.1) is 6.92 Å². The van der Waals surface area contributed by atoms with E-state index < -0.39 is 23.7 Å². The molecule has 1 aliphatic rings. The zero-order valence-corrected chi connectivity index (χ0v) is 16.2. The summed E-state index contributed by atoms with van der Waals surface area (Å²) in [5.74, 6) is -3.16. The molecule has 0 saturated heterocycles. The van der Waals surface area contributed by atoms with Crippen LogP contribution in [0.5, 0.6) is 5.75 Å². The van der Waals surface area contributed by atoms with E-state index in [-0.39, 0.29) is 39.4 Å².